The molecule has 1 heteroatoms. The highest BCUT2D eigenvalue weighted by Gasteiger charge is 2.02. The molecule has 0 spiro atoms. The summed E-state index contributed by atoms with van der Waals surface area (Å²) in [6.07, 6.45) is 16.9. The van der Waals surface area contributed by atoms with E-state index in [4.69, 9.17) is 0 Å². The van der Waals surface area contributed by atoms with Crippen LogP contribution in [0.4, 0.5) is 0 Å². The highest BCUT2D eigenvalue weighted by Crippen LogP contribution is 2.13. The average molecular weight is 364 g/mol. The second kappa shape index (κ2) is 14.1. The number of unbranched alkanes of at least 4 members (excludes halogenated alkanes) is 8. The maximum atomic E-state index is 2.43. The van der Waals surface area contributed by atoms with Gasteiger partial charge in [-0.15, -0.1) is 0 Å². The average Bonchev–Trinajstić information content (AvgIpc) is 2.71. The Kier molecular flexibility index (Phi) is 11.1. The summed E-state index contributed by atoms with van der Waals surface area (Å²) in [4.78, 5) is 2.43. The molecule has 0 amide bonds. The molecule has 1 nitrogen and oxygen atoms in total. The van der Waals surface area contributed by atoms with E-state index >= 15 is 0 Å². The van der Waals surface area contributed by atoms with Crippen molar-refractivity contribution >= 4 is 0 Å². The van der Waals surface area contributed by atoms with Crippen molar-refractivity contribution < 1.29 is 0 Å². The minimum absolute atomic E-state index is 0.962. The zero-order valence-corrected chi connectivity index (χ0v) is 17.2. The molecule has 0 aromatic heterocycles. The lowest BCUT2D eigenvalue weighted by Gasteiger charge is -2.21. The van der Waals surface area contributed by atoms with Crippen molar-refractivity contribution in [2.75, 3.05) is 0 Å². The van der Waals surface area contributed by atoms with E-state index in [-0.39, 0.29) is 0 Å². The van der Waals surface area contributed by atoms with E-state index in [1.54, 1.807) is 0 Å². The van der Waals surface area contributed by atoms with Crippen LogP contribution in [0, 0.1) is 0 Å². The Balaban J connectivity index is 1.73. The van der Waals surface area contributed by atoms with Crippen molar-refractivity contribution in [3.05, 3.63) is 84.1 Å². The molecule has 2 aromatic rings. The summed E-state index contributed by atoms with van der Waals surface area (Å²) < 4.78 is 0. The van der Waals surface area contributed by atoms with Crippen LogP contribution in [-0.2, 0) is 13.1 Å². The molecular formula is C26H37N. The third-order valence-corrected chi connectivity index (χ3v) is 5.00. The molecule has 146 valence electrons. The molecule has 2 rings (SSSR count). The summed E-state index contributed by atoms with van der Waals surface area (Å²) in [6, 6.07) is 21.5. The second-order valence-electron chi connectivity index (χ2n) is 7.52. The molecule has 0 aliphatic heterocycles. The lowest BCUT2D eigenvalue weighted by atomic mass is 10.1. The zero-order chi connectivity index (χ0) is 19.0. The van der Waals surface area contributed by atoms with Gasteiger partial charge in [-0.25, -0.2) is 0 Å². The summed E-state index contributed by atoms with van der Waals surface area (Å²) >= 11 is 0. The van der Waals surface area contributed by atoms with Gasteiger partial charge in [-0.3, -0.25) is 0 Å². The number of hydrogen-bond donors (Lipinski definition) is 0. The summed E-state index contributed by atoms with van der Waals surface area (Å²) in [5.74, 6) is 0. The maximum absolute atomic E-state index is 2.43. The molecule has 0 N–H and O–H groups in total. The fraction of sp³-hybridized carbons (Fsp3) is 0.462. The highest BCUT2D eigenvalue weighted by molar-refractivity contribution is 5.17. The fourth-order valence-electron chi connectivity index (χ4n) is 3.42. The van der Waals surface area contributed by atoms with E-state index in [1.165, 1.54) is 68.9 Å². The molecule has 0 heterocycles. The predicted octanol–water partition coefficient (Wildman–Crippen LogP) is 7.73. The molecule has 0 atom stereocenters. The first-order valence-corrected chi connectivity index (χ1v) is 10.9. The Morgan fingerprint density at radius 2 is 1.11 bits per heavy atom. The van der Waals surface area contributed by atoms with Crippen LogP contribution in [0.15, 0.2) is 72.9 Å². The summed E-state index contributed by atoms with van der Waals surface area (Å²) in [5, 5.41) is 0. The molecule has 0 radical (unpaired) electrons. The van der Waals surface area contributed by atoms with Crippen LogP contribution < -0.4 is 0 Å². The Morgan fingerprint density at radius 3 is 1.63 bits per heavy atom. The number of rotatable bonds is 14. The summed E-state index contributed by atoms with van der Waals surface area (Å²) in [7, 11) is 0. The Labute approximate surface area is 167 Å². The number of benzene rings is 2. The first-order chi connectivity index (χ1) is 13.4. The van der Waals surface area contributed by atoms with E-state index < -0.39 is 0 Å². The van der Waals surface area contributed by atoms with Gasteiger partial charge in [-0.05, 0) is 30.2 Å². The quantitative estimate of drug-likeness (QED) is 0.310. The van der Waals surface area contributed by atoms with E-state index in [2.05, 4.69) is 84.8 Å². The van der Waals surface area contributed by atoms with Crippen molar-refractivity contribution in [3.8, 4) is 0 Å². The molecule has 0 saturated carbocycles. The largest absolute Gasteiger partial charge is 0.369 e. The van der Waals surface area contributed by atoms with Crippen LogP contribution in [0.2, 0.25) is 0 Å². The normalized spacial score (nSPS) is 11.1. The van der Waals surface area contributed by atoms with Gasteiger partial charge in [0.2, 0.25) is 0 Å². The van der Waals surface area contributed by atoms with Gasteiger partial charge in [-0.2, -0.15) is 0 Å². The van der Waals surface area contributed by atoms with Gasteiger partial charge in [0, 0.05) is 13.1 Å². The van der Waals surface area contributed by atoms with Crippen molar-refractivity contribution in [3.63, 3.8) is 0 Å². The van der Waals surface area contributed by atoms with E-state index in [1.807, 2.05) is 0 Å². The van der Waals surface area contributed by atoms with E-state index in [9.17, 15) is 0 Å². The number of allylic oxidation sites excluding steroid dienone is 1. The fourth-order valence-corrected chi connectivity index (χ4v) is 3.42. The molecule has 0 aliphatic rings. The smallest absolute Gasteiger partial charge is 0.0427 e. The maximum Gasteiger partial charge on any atom is 0.0427 e. The number of nitrogens with zero attached hydrogens (tertiary/aromatic N) is 1. The van der Waals surface area contributed by atoms with Crippen LogP contribution in [0.3, 0.4) is 0 Å². The van der Waals surface area contributed by atoms with Crippen LogP contribution in [-0.4, -0.2) is 4.90 Å². The van der Waals surface area contributed by atoms with Crippen LogP contribution >= 0.6 is 0 Å². The van der Waals surface area contributed by atoms with Crippen molar-refractivity contribution in [1.29, 1.82) is 0 Å². The summed E-state index contributed by atoms with van der Waals surface area (Å²) in [6.45, 7) is 4.21. The molecule has 27 heavy (non-hydrogen) atoms. The lowest BCUT2D eigenvalue weighted by molar-refractivity contribution is 0.360. The van der Waals surface area contributed by atoms with Crippen molar-refractivity contribution in [1.82, 2.24) is 4.90 Å². The lowest BCUT2D eigenvalue weighted by Crippen LogP contribution is -2.16. The standard InChI is InChI=1S/C26H37N/c1-2-3-4-5-6-7-8-9-10-17-22-27(23-25-18-13-11-14-19-25)24-26-20-15-12-16-21-26/h11-22H,2-10,23-24H2,1H3/b22-17-. The molecular weight excluding hydrogens is 326 g/mol. The second-order valence-corrected chi connectivity index (χ2v) is 7.52. The van der Waals surface area contributed by atoms with Gasteiger partial charge in [0.15, 0.2) is 0 Å². The number of hydrogen-bond acceptors (Lipinski definition) is 1. The summed E-state index contributed by atoms with van der Waals surface area (Å²) in [5.41, 5.74) is 2.73. The van der Waals surface area contributed by atoms with Crippen LogP contribution in [0.1, 0.15) is 75.8 Å². The molecule has 0 unspecified atom stereocenters. The Hall–Kier alpha value is -2.02. The van der Waals surface area contributed by atoms with Crippen LogP contribution in [0.5, 0.6) is 0 Å². The molecule has 0 saturated heterocycles. The monoisotopic (exact) mass is 363 g/mol. The third-order valence-electron chi connectivity index (χ3n) is 5.00. The first-order valence-electron chi connectivity index (χ1n) is 10.9. The van der Waals surface area contributed by atoms with Crippen molar-refractivity contribution in [2.24, 2.45) is 0 Å². The molecule has 0 bridgehead atoms. The van der Waals surface area contributed by atoms with Gasteiger partial charge in [0.25, 0.3) is 0 Å². The Bertz CT molecular complexity index is 561. The highest BCUT2D eigenvalue weighted by atomic mass is 15.1. The van der Waals surface area contributed by atoms with Crippen molar-refractivity contribution in [2.45, 2.75) is 77.8 Å². The minimum Gasteiger partial charge on any atom is -0.369 e. The molecule has 0 aliphatic carbocycles. The zero-order valence-electron chi connectivity index (χ0n) is 17.2. The minimum atomic E-state index is 0.962. The third kappa shape index (κ3) is 10.0. The Morgan fingerprint density at radius 1 is 0.630 bits per heavy atom. The van der Waals surface area contributed by atoms with E-state index in [0.717, 1.165) is 13.1 Å². The van der Waals surface area contributed by atoms with Gasteiger partial charge < -0.3 is 4.90 Å². The van der Waals surface area contributed by atoms with Gasteiger partial charge in [0.05, 0.1) is 0 Å². The molecule has 0 fully saturated rings. The van der Waals surface area contributed by atoms with Crippen LogP contribution in [0.25, 0.3) is 0 Å². The van der Waals surface area contributed by atoms with Gasteiger partial charge in [-0.1, -0.05) is 119 Å². The predicted molar refractivity (Wildman–Crippen MR) is 118 cm³/mol. The first kappa shape index (κ1) is 21.3. The molecule has 2 aromatic carbocycles. The topological polar surface area (TPSA) is 3.24 Å². The van der Waals surface area contributed by atoms with Gasteiger partial charge >= 0.3 is 0 Å². The SMILES string of the molecule is CCCCCCCCCC/C=C\N(Cc1ccccc1)Cc1ccccc1. The van der Waals surface area contributed by atoms with E-state index in [0.29, 0.717) is 0 Å². The van der Waals surface area contributed by atoms with Gasteiger partial charge in [0.1, 0.15) is 0 Å².